The molecule has 0 saturated carbocycles. The molecule has 0 spiro atoms. The smallest absolute Gasteiger partial charge is 0.177 e. The van der Waals surface area contributed by atoms with Crippen LogP contribution in [0.2, 0.25) is 0 Å². The summed E-state index contributed by atoms with van der Waals surface area (Å²) in [5, 5.41) is 5.30. The summed E-state index contributed by atoms with van der Waals surface area (Å²) < 4.78 is 5.88. The zero-order chi connectivity index (χ0) is 16.2. The number of nitrogens with zero attached hydrogens (tertiary/aromatic N) is 1. The Morgan fingerprint density at radius 2 is 1.83 bits per heavy atom. The highest BCUT2D eigenvalue weighted by Crippen LogP contribution is 2.29. The van der Waals surface area contributed by atoms with Crippen molar-refractivity contribution in [1.82, 2.24) is 10.2 Å². The molecule has 0 atom stereocenters. The molecule has 0 bridgehead atoms. The third-order valence-electron chi connectivity index (χ3n) is 4.12. The number of ether oxygens (including phenoxy) is 1. The third-order valence-corrected chi connectivity index (χ3v) is 4.12. The van der Waals surface area contributed by atoms with E-state index in [-0.39, 0.29) is 11.9 Å². The van der Waals surface area contributed by atoms with Crippen molar-refractivity contribution in [2.24, 2.45) is 0 Å². The van der Waals surface area contributed by atoms with Crippen molar-refractivity contribution in [2.75, 3.05) is 32.7 Å². The van der Waals surface area contributed by atoms with Crippen molar-refractivity contribution in [3.63, 3.8) is 0 Å². The van der Waals surface area contributed by atoms with Gasteiger partial charge in [-0.25, -0.2) is 0 Å². The van der Waals surface area contributed by atoms with E-state index in [4.69, 9.17) is 4.74 Å². The number of benzene rings is 2. The molecule has 1 fully saturated rings. The second kappa shape index (κ2) is 7.11. The average Bonchev–Trinajstić information content (AvgIpc) is 2.55. The van der Waals surface area contributed by atoms with Crippen LogP contribution in [0.1, 0.15) is 24.2 Å². The van der Waals surface area contributed by atoms with Gasteiger partial charge in [0.2, 0.25) is 0 Å². The molecule has 1 N–H and O–H groups in total. The van der Waals surface area contributed by atoms with Gasteiger partial charge >= 0.3 is 0 Å². The summed E-state index contributed by atoms with van der Waals surface area (Å²) in [5.41, 5.74) is 0.787. The van der Waals surface area contributed by atoms with Crippen LogP contribution in [-0.2, 0) is 0 Å². The highest BCUT2D eigenvalue weighted by Gasteiger charge is 2.18. The van der Waals surface area contributed by atoms with Crippen LogP contribution in [0.15, 0.2) is 36.4 Å². The van der Waals surface area contributed by atoms with Crippen molar-refractivity contribution in [3.05, 3.63) is 42.0 Å². The van der Waals surface area contributed by atoms with Crippen LogP contribution in [-0.4, -0.2) is 49.5 Å². The second-order valence-corrected chi connectivity index (χ2v) is 6.27. The lowest BCUT2D eigenvalue weighted by molar-refractivity contribution is 0.0923. The number of rotatable bonds is 5. The first-order valence-corrected chi connectivity index (χ1v) is 8.30. The number of ketones is 1. The lowest BCUT2D eigenvalue weighted by Crippen LogP contribution is -2.45. The molecule has 4 nitrogen and oxygen atoms in total. The quantitative estimate of drug-likeness (QED) is 0.862. The Bertz CT molecular complexity index is 691. The van der Waals surface area contributed by atoms with Crippen LogP contribution in [0.5, 0.6) is 5.75 Å². The summed E-state index contributed by atoms with van der Waals surface area (Å²) in [4.78, 5) is 15.0. The first kappa shape index (κ1) is 16.0. The fourth-order valence-corrected chi connectivity index (χ4v) is 3.03. The fourth-order valence-electron chi connectivity index (χ4n) is 3.03. The minimum atomic E-state index is 0.112. The zero-order valence-electron chi connectivity index (χ0n) is 13.8. The molecule has 1 aliphatic rings. The maximum atomic E-state index is 12.8. The van der Waals surface area contributed by atoms with Gasteiger partial charge in [-0.05, 0) is 31.4 Å². The predicted octanol–water partition coefficient (Wildman–Crippen LogP) is 2.71. The molecule has 1 saturated heterocycles. The monoisotopic (exact) mass is 312 g/mol. The topological polar surface area (TPSA) is 41.6 Å². The molecule has 2 aromatic carbocycles. The highest BCUT2D eigenvalue weighted by atomic mass is 16.5. The minimum absolute atomic E-state index is 0.112. The SMILES string of the molecule is CC(C)Oc1ccc(C(=O)CN2CCNCC2)c2ccccc12. The largest absolute Gasteiger partial charge is 0.490 e. The van der Waals surface area contributed by atoms with E-state index in [1.807, 2.05) is 50.2 Å². The van der Waals surface area contributed by atoms with Crippen LogP contribution in [0, 0.1) is 0 Å². The molecule has 0 radical (unpaired) electrons. The van der Waals surface area contributed by atoms with Crippen LogP contribution in [0.25, 0.3) is 10.8 Å². The normalized spacial score (nSPS) is 16.0. The van der Waals surface area contributed by atoms with Gasteiger partial charge in [-0.3, -0.25) is 9.69 Å². The summed E-state index contributed by atoms with van der Waals surface area (Å²) in [6, 6.07) is 11.8. The summed E-state index contributed by atoms with van der Waals surface area (Å²) in [5.74, 6) is 1.02. The molecule has 0 aromatic heterocycles. The van der Waals surface area contributed by atoms with E-state index in [1.165, 1.54) is 0 Å². The summed E-state index contributed by atoms with van der Waals surface area (Å²) >= 11 is 0. The van der Waals surface area contributed by atoms with E-state index in [9.17, 15) is 4.79 Å². The van der Waals surface area contributed by atoms with Gasteiger partial charge in [0.1, 0.15) is 5.75 Å². The van der Waals surface area contributed by atoms with E-state index in [1.54, 1.807) is 0 Å². The number of nitrogens with one attached hydrogen (secondary N) is 1. The molecule has 1 heterocycles. The molecule has 3 rings (SSSR count). The van der Waals surface area contributed by atoms with Gasteiger partial charge in [0.05, 0.1) is 12.6 Å². The molecule has 122 valence electrons. The Morgan fingerprint density at radius 1 is 1.13 bits per heavy atom. The van der Waals surface area contributed by atoms with Gasteiger partial charge in [-0.2, -0.15) is 0 Å². The second-order valence-electron chi connectivity index (χ2n) is 6.27. The number of piperazine rings is 1. The number of hydrogen-bond donors (Lipinski definition) is 1. The van der Waals surface area contributed by atoms with Gasteiger partial charge in [-0.1, -0.05) is 24.3 Å². The maximum absolute atomic E-state index is 12.8. The van der Waals surface area contributed by atoms with Crippen LogP contribution >= 0.6 is 0 Å². The van der Waals surface area contributed by atoms with Crippen LogP contribution in [0.4, 0.5) is 0 Å². The predicted molar refractivity (Wildman–Crippen MR) is 93.4 cm³/mol. The van der Waals surface area contributed by atoms with Gasteiger partial charge in [0, 0.05) is 37.1 Å². The Hall–Kier alpha value is -1.91. The highest BCUT2D eigenvalue weighted by molar-refractivity contribution is 6.10. The van der Waals surface area contributed by atoms with Crippen LogP contribution < -0.4 is 10.1 Å². The molecule has 4 heteroatoms. The van der Waals surface area contributed by atoms with E-state index in [0.29, 0.717) is 6.54 Å². The van der Waals surface area contributed by atoms with Crippen molar-refractivity contribution in [2.45, 2.75) is 20.0 Å². The zero-order valence-corrected chi connectivity index (χ0v) is 13.8. The van der Waals surface area contributed by atoms with Gasteiger partial charge in [-0.15, -0.1) is 0 Å². The Labute approximate surface area is 137 Å². The minimum Gasteiger partial charge on any atom is -0.490 e. The van der Waals surface area contributed by atoms with Crippen molar-refractivity contribution in [3.8, 4) is 5.75 Å². The van der Waals surface area contributed by atoms with Gasteiger partial charge in [0.25, 0.3) is 0 Å². The molecule has 0 aliphatic carbocycles. The molecule has 1 aliphatic heterocycles. The number of hydrogen-bond acceptors (Lipinski definition) is 4. The van der Waals surface area contributed by atoms with Crippen molar-refractivity contribution >= 4 is 16.6 Å². The number of carbonyl (C=O) groups is 1. The van der Waals surface area contributed by atoms with E-state index in [2.05, 4.69) is 10.2 Å². The molecule has 0 unspecified atom stereocenters. The number of fused-ring (bicyclic) bond motifs is 1. The van der Waals surface area contributed by atoms with E-state index >= 15 is 0 Å². The molecule has 0 amide bonds. The van der Waals surface area contributed by atoms with Crippen molar-refractivity contribution < 1.29 is 9.53 Å². The fraction of sp³-hybridized carbons (Fsp3) is 0.421. The Morgan fingerprint density at radius 3 is 2.52 bits per heavy atom. The molecule has 23 heavy (non-hydrogen) atoms. The molecular weight excluding hydrogens is 288 g/mol. The average molecular weight is 312 g/mol. The number of Topliss-reactive ketones (excluding diaryl/α,β-unsaturated/α-hetero) is 1. The first-order valence-electron chi connectivity index (χ1n) is 8.30. The lowest BCUT2D eigenvalue weighted by atomic mass is 10.00. The van der Waals surface area contributed by atoms with Crippen molar-refractivity contribution in [1.29, 1.82) is 0 Å². The molecular formula is C19H24N2O2. The summed E-state index contributed by atoms with van der Waals surface area (Å²) in [6.45, 7) is 8.27. The number of carbonyl (C=O) groups excluding carboxylic acids is 1. The third kappa shape index (κ3) is 3.71. The maximum Gasteiger partial charge on any atom is 0.177 e. The summed E-state index contributed by atoms with van der Waals surface area (Å²) in [6.07, 6.45) is 0.112. The van der Waals surface area contributed by atoms with Gasteiger partial charge in [0.15, 0.2) is 5.78 Å². The van der Waals surface area contributed by atoms with E-state index in [0.717, 1.165) is 48.3 Å². The Balaban J connectivity index is 1.90. The first-order chi connectivity index (χ1) is 11.1. The van der Waals surface area contributed by atoms with Gasteiger partial charge < -0.3 is 10.1 Å². The molecule has 2 aromatic rings. The van der Waals surface area contributed by atoms with E-state index < -0.39 is 0 Å². The lowest BCUT2D eigenvalue weighted by Gasteiger charge is -2.26. The Kier molecular flexibility index (Phi) is 4.94. The standard InChI is InChI=1S/C19H24N2O2/c1-14(2)23-19-8-7-16(15-5-3-4-6-17(15)19)18(22)13-21-11-9-20-10-12-21/h3-8,14,20H,9-13H2,1-2H3. The summed E-state index contributed by atoms with van der Waals surface area (Å²) in [7, 11) is 0. The van der Waals surface area contributed by atoms with Crippen LogP contribution in [0.3, 0.4) is 0 Å².